The summed E-state index contributed by atoms with van der Waals surface area (Å²) in [6.07, 6.45) is 3.38. The number of nitrogens with one attached hydrogen (secondary N) is 1. The molecule has 5 nitrogen and oxygen atoms in total. The number of benzene rings is 2. The van der Waals surface area contributed by atoms with Gasteiger partial charge in [0, 0.05) is 6.20 Å². The van der Waals surface area contributed by atoms with Gasteiger partial charge in [-0.25, -0.2) is 14.0 Å². The van der Waals surface area contributed by atoms with Gasteiger partial charge in [0.25, 0.3) is 0 Å². The number of hydrogen-bond donors (Lipinski definition) is 2. The van der Waals surface area contributed by atoms with Gasteiger partial charge in [0.05, 0.1) is 16.8 Å². The van der Waals surface area contributed by atoms with Gasteiger partial charge in [-0.3, -0.25) is 4.90 Å². The second-order valence-corrected chi connectivity index (χ2v) is 9.26. The lowest BCUT2D eigenvalue weighted by Gasteiger charge is -2.42. The Balaban J connectivity index is 1.98. The van der Waals surface area contributed by atoms with E-state index in [1.807, 2.05) is 32.9 Å². The molecule has 0 unspecified atom stereocenters. The number of nitrogens with zero attached hydrogens (tertiary/aromatic N) is 1. The van der Waals surface area contributed by atoms with Gasteiger partial charge in [0.15, 0.2) is 0 Å². The first-order chi connectivity index (χ1) is 15.0. The molecule has 2 amide bonds. The zero-order valence-electron chi connectivity index (χ0n) is 19.3. The number of anilines is 1. The number of carboxylic acids is 1. The summed E-state index contributed by atoms with van der Waals surface area (Å²) < 4.78 is 14.9. The van der Waals surface area contributed by atoms with Crippen LogP contribution in [0, 0.1) is 17.7 Å². The van der Waals surface area contributed by atoms with Crippen molar-refractivity contribution in [2.45, 2.75) is 53.0 Å². The number of carbonyl (C=O) groups is 2. The van der Waals surface area contributed by atoms with E-state index in [0.29, 0.717) is 29.2 Å². The summed E-state index contributed by atoms with van der Waals surface area (Å²) in [4.78, 5) is 25.7. The molecule has 1 atom stereocenters. The molecule has 0 fully saturated rings. The Kier molecular flexibility index (Phi) is 6.72. The molecule has 1 aliphatic rings. The fourth-order valence-corrected chi connectivity index (χ4v) is 4.10. The van der Waals surface area contributed by atoms with Gasteiger partial charge < -0.3 is 10.4 Å². The van der Waals surface area contributed by atoms with Crippen molar-refractivity contribution in [1.29, 1.82) is 0 Å². The molecule has 1 heterocycles. The number of carboxylic acid groups (broad SMARTS) is 1. The standard InChI is InChI=1S/C26H31FN2O3/c1-16(2)6-7-18-8-11-20(14-23(18)27)26(5)22(17(3)4)15-29(25(32)28-26)21-12-9-19(10-13-21)24(30)31/h8-17H,6-7H2,1-5H3,(H,28,32)(H,30,31)/t26-/m0/s1. The molecular formula is C26H31FN2O3. The minimum atomic E-state index is -1.02. The van der Waals surface area contributed by atoms with Gasteiger partial charge in [-0.2, -0.15) is 0 Å². The smallest absolute Gasteiger partial charge is 0.335 e. The van der Waals surface area contributed by atoms with Crippen molar-refractivity contribution in [2.75, 3.05) is 4.90 Å². The summed E-state index contributed by atoms with van der Waals surface area (Å²) in [6.45, 7) is 10.2. The first kappa shape index (κ1) is 23.5. The van der Waals surface area contributed by atoms with Crippen LogP contribution in [-0.2, 0) is 12.0 Å². The lowest BCUT2D eigenvalue weighted by atomic mass is 9.78. The van der Waals surface area contributed by atoms with E-state index in [0.717, 1.165) is 12.0 Å². The molecule has 0 radical (unpaired) electrons. The fourth-order valence-electron chi connectivity index (χ4n) is 4.10. The van der Waals surface area contributed by atoms with E-state index in [4.69, 9.17) is 5.11 Å². The van der Waals surface area contributed by atoms with E-state index < -0.39 is 11.5 Å². The lowest BCUT2D eigenvalue weighted by Crippen LogP contribution is -2.55. The molecule has 0 aromatic heterocycles. The molecule has 0 spiro atoms. The van der Waals surface area contributed by atoms with Gasteiger partial charge in [-0.15, -0.1) is 0 Å². The van der Waals surface area contributed by atoms with Crippen LogP contribution < -0.4 is 10.2 Å². The molecule has 170 valence electrons. The van der Waals surface area contributed by atoms with E-state index in [-0.39, 0.29) is 23.3 Å². The average Bonchev–Trinajstić information content (AvgIpc) is 2.72. The van der Waals surface area contributed by atoms with Crippen molar-refractivity contribution in [3.8, 4) is 0 Å². The van der Waals surface area contributed by atoms with Gasteiger partial charge in [0.1, 0.15) is 5.82 Å². The molecule has 2 aromatic rings. The second kappa shape index (κ2) is 9.15. The quantitative estimate of drug-likeness (QED) is 0.549. The van der Waals surface area contributed by atoms with E-state index in [1.165, 1.54) is 23.1 Å². The Morgan fingerprint density at radius 2 is 1.78 bits per heavy atom. The first-order valence-corrected chi connectivity index (χ1v) is 11.0. The molecule has 0 aliphatic carbocycles. The predicted octanol–water partition coefficient (Wildman–Crippen LogP) is 6.10. The number of aryl methyl sites for hydroxylation is 1. The number of hydrogen-bond acceptors (Lipinski definition) is 2. The van der Waals surface area contributed by atoms with E-state index >= 15 is 0 Å². The summed E-state index contributed by atoms with van der Waals surface area (Å²) >= 11 is 0. The summed E-state index contributed by atoms with van der Waals surface area (Å²) in [6, 6.07) is 11.0. The molecule has 2 aromatic carbocycles. The molecule has 32 heavy (non-hydrogen) atoms. The van der Waals surface area contributed by atoms with Crippen molar-refractivity contribution in [2.24, 2.45) is 11.8 Å². The Morgan fingerprint density at radius 1 is 1.12 bits per heavy atom. The highest BCUT2D eigenvalue weighted by Gasteiger charge is 2.40. The molecule has 0 saturated carbocycles. The van der Waals surface area contributed by atoms with Crippen LogP contribution in [-0.4, -0.2) is 17.1 Å². The van der Waals surface area contributed by atoms with Gasteiger partial charge in [0.2, 0.25) is 0 Å². The molecule has 1 aliphatic heterocycles. The minimum Gasteiger partial charge on any atom is -0.478 e. The predicted molar refractivity (Wildman–Crippen MR) is 124 cm³/mol. The van der Waals surface area contributed by atoms with Crippen LogP contribution in [0.25, 0.3) is 0 Å². The summed E-state index contributed by atoms with van der Waals surface area (Å²) in [5.74, 6) is -0.710. The highest BCUT2D eigenvalue weighted by Crippen LogP contribution is 2.38. The molecule has 6 heteroatoms. The number of amides is 2. The summed E-state index contributed by atoms with van der Waals surface area (Å²) in [7, 11) is 0. The average molecular weight is 439 g/mol. The van der Waals surface area contributed by atoms with Crippen LogP contribution in [0.1, 0.15) is 62.5 Å². The van der Waals surface area contributed by atoms with Crippen LogP contribution >= 0.6 is 0 Å². The van der Waals surface area contributed by atoms with E-state index in [9.17, 15) is 14.0 Å². The lowest BCUT2D eigenvalue weighted by molar-refractivity contribution is 0.0697. The Hall–Kier alpha value is -3.15. The van der Waals surface area contributed by atoms with Crippen molar-refractivity contribution < 1.29 is 19.1 Å². The normalized spacial score (nSPS) is 18.7. The van der Waals surface area contributed by atoms with Crippen LogP contribution in [0.3, 0.4) is 0 Å². The third kappa shape index (κ3) is 4.69. The van der Waals surface area contributed by atoms with Gasteiger partial charge in [-0.1, -0.05) is 39.8 Å². The first-order valence-electron chi connectivity index (χ1n) is 11.0. The largest absolute Gasteiger partial charge is 0.478 e. The van der Waals surface area contributed by atoms with Gasteiger partial charge in [-0.05, 0) is 78.6 Å². The minimum absolute atomic E-state index is 0.0741. The Labute approximate surface area is 188 Å². The maximum Gasteiger partial charge on any atom is 0.335 e. The Morgan fingerprint density at radius 3 is 2.31 bits per heavy atom. The molecule has 3 rings (SSSR count). The number of rotatable bonds is 7. The third-order valence-corrected chi connectivity index (χ3v) is 6.06. The van der Waals surface area contributed by atoms with Crippen molar-refractivity contribution >= 4 is 17.7 Å². The zero-order valence-corrected chi connectivity index (χ0v) is 19.3. The third-order valence-electron chi connectivity index (χ3n) is 6.06. The highest BCUT2D eigenvalue weighted by atomic mass is 19.1. The fraction of sp³-hybridized carbons (Fsp3) is 0.385. The number of halogens is 1. The second-order valence-electron chi connectivity index (χ2n) is 9.26. The molecule has 0 bridgehead atoms. The number of aromatic carboxylic acids is 1. The zero-order chi connectivity index (χ0) is 23.6. The maximum atomic E-state index is 14.9. The summed E-state index contributed by atoms with van der Waals surface area (Å²) in [5.41, 5.74) is 2.15. The van der Waals surface area contributed by atoms with Crippen LogP contribution in [0.5, 0.6) is 0 Å². The van der Waals surface area contributed by atoms with Gasteiger partial charge >= 0.3 is 12.0 Å². The number of carbonyl (C=O) groups excluding carboxylic acids is 1. The van der Waals surface area contributed by atoms with Crippen LogP contribution in [0.2, 0.25) is 0 Å². The monoisotopic (exact) mass is 438 g/mol. The SMILES string of the molecule is CC(C)CCc1ccc([C@]2(C)NC(=O)N(c3ccc(C(=O)O)cc3)C=C2C(C)C)cc1F. The van der Waals surface area contributed by atoms with Crippen molar-refractivity contribution in [3.05, 3.63) is 76.7 Å². The summed E-state index contributed by atoms with van der Waals surface area (Å²) in [5, 5.41) is 12.2. The molecule has 0 saturated heterocycles. The number of urea groups is 1. The topological polar surface area (TPSA) is 69.6 Å². The molecular weight excluding hydrogens is 407 g/mol. The van der Waals surface area contributed by atoms with Crippen molar-refractivity contribution in [3.63, 3.8) is 0 Å². The van der Waals surface area contributed by atoms with Crippen molar-refractivity contribution in [1.82, 2.24) is 5.32 Å². The molecule has 2 N–H and O–H groups in total. The van der Waals surface area contributed by atoms with E-state index in [1.54, 1.807) is 18.3 Å². The van der Waals surface area contributed by atoms with E-state index in [2.05, 4.69) is 19.2 Å². The van der Waals surface area contributed by atoms with Crippen LogP contribution in [0.4, 0.5) is 14.9 Å². The maximum absolute atomic E-state index is 14.9. The Bertz CT molecular complexity index is 1040. The highest BCUT2D eigenvalue weighted by molar-refractivity contribution is 5.97. The van der Waals surface area contributed by atoms with Crippen LogP contribution in [0.15, 0.2) is 54.2 Å².